The molecule has 7 heteroatoms. The van der Waals surface area contributed by atoms with Gasteiger partial charge in [-0.25, -0.2) is 9.97 Å². The third-order valence-electron chi connectivity index (χ3n) is 3.19. The van der Waals surface area contributed by atoms with Crippen molar-refractivity contribution in [3.05, 3.63) is 16.5 Å². The van der Waals surface area contributed by atoms with Gasteiger partial charge in [-0.2, -0.15) is 0 Å². The zero-order valence-corrected chi connectivity index (χ0v) is 11.4. The van der Waals surface area contributed by atoms with E-state index in [1.165, 1.54) is 6.33 Å². The van der Waals surface area contributed by atoms with Crippen LogP contribution in [0.15, 0.2) is 6.33 Å². The summed E-state index contributed by atoms with van der Waals surface area (Å²) in [7, 11) is 1.63. The lowest BCUT2D eigenvalue weighted by Crippen LogP contribution is -2.42. The minimum Gasteiger partial charge on any atom is -0.378 e. The van der Waals surface area contributed by atoms with Gasteiger partial charge in [-0.3, -0.25) is 4.79 Å². The van der Waals surface area contributed by atoms with Crippen LogP contribution in [0.5, 0.6) is 0 Å². The maximum atomic E-state index is 11.9. The highest BCUT2D eigenvalue weighted by atomic mass is 35.5. The molecule has 0 saturated heterocycles. The molecule has 1 aliphatic rings. The van der Waals surface area contributed by atoms with Gasteiger partial charge in [0.2, 0.25) is 5.91 Å². The molecule has 0 spiro atoms. The van der Waals surface area contributed by atoms with Crippen molar-refractivity contribution in [1.82, 2.24) is 9.97 Å². The normalized spacial score (nSPS) is 17.1. The molecule has 1 saturated carbocycles. The molecule has 0 bridgehead atoms. The van der Waals surface area contributed by atoms with Gasteiger partial charge in [0.25, 0.3) is 0 Å². The Kier molecular flexibility index (Phi) is 4.04. The average Bonchev–Trinajstić information content (AvgIpc) is 2.30. The van der Waals surface area contributed by atoms with Gasteiger partial charge in [-0.05, 0) is 19.3 Å². The van der Waals surface area contributed by atoms with Crippen molar-refractivity contribution >= 4 is 34.9 Å². The zero-order chi connectivity index (χ0) is 13.2. The smallest absolute Gasteiger partial charge is 0.228 e. The molecule has 0 aromatic carbocycles. The number of carbonyl (C=O) groups excluding carboxylic acids is 1. The lowest BCUT2D eigenvalue weighted by Gasteiger charge is -2.39. The summed E-state index contributed by atoms with van der Waals surface area (Å²) in [6.07, 6.45) is 4.42. The maximum absolute atomic E-state index is 11.9. The number of anilines is 1. The molecule has 0 unspecified atom stereocenters. The molecule has 0 atom stereocenters. The summed E-state index contributed by atoms with van der Waals surface area (Å²) in [6.45, 7) is 0. The van der Waals surface area contributed by atoms with Crippen LogP contribution in [-0.2, 0) is 9.53 Å². The SMILES string of the molecule is COC1(CC(=O)Nc2ncnc(Cl)c2Cl)CCC1. The Bertz CT molecular complexity index is 458. The van der Waals surface area contributed by atoms with Crippen LogP contribution in [0.3, 0.4) is 0 Å². The Morgan fingerprint density at radius 1 is 1.50 bits per heavy atom. The summed E-state index contributed by atoms with van der Waals surface area (Å²) in [4.78, 5) is 19.5. The van der Waals surface area contributed by atoms with Gasteiger partial charge < -0.3 is 10.1 Å². The summed E-state index contributed by atoms with van der Waals surface area (Å²) < 4.78 is 5.38. The fraction of sp³-hybridized carbons (Fsp3) is 0.545. The number of aromatic nitrogens is 2. The van der Waals surface area contributed by atoms with E-state index >= 15 is 0 Å². The molecule has 1 fully saturated rings. The van der Waals surface area contributed by atoms with Crippen LogP contribution in [0.1, 0.15) is 25.7 Å². The molecule has 0 radical (unpaired) electrons. The molecule has 1 heterocycles. The highest BCUT2D eigenvalue weighted by Gasteiger charge is 2.39. The molecule has 18 heavy (non-hydrogen) atoms. The van der Waals surface area contributed by atoms with E-state index in [4.69, 9.17) is 27.9 Å². The second-order valence-electron chi connectivity index (χ2n) is 4.29. The molecule has 1 N–H and O–H groups in total. The Morgan fingerprint density at radius 2 is 2.22 bits per heavy atom. The van der Waals surface area contributed by atoms with Crippen molar-refractivity contribution in [3.63, 3.8) is 0 Å². The van der Waals surface area contributed by atoms with Crippen LogP contribution in [0.2, 0.25) is 10.2 Å². The Morgan fingerprint density at radius 3 is 2.78 bits per heavy atom. The summed E-state index contributed by atoms with van der Waals surface area (Å²) in [5.41, 5.74) is -0.326. The Balaban J connectivity index is 2.01. The lowest BCUT2D eigenvalue weighted by atomic mass is 9.77. The van der Waals surface area contributed by atoms with Crippen molar-refractivity contribution in [2.75, 3.05) is 12.4 Å². The van der Waals surface area contributed by atoms with E-state index < -0.39 is 0 Å². The lowest BCUT2D eigenvalue weighted by molar-refractivity contribution is -0.129. The monoisotopic (exact) mass is 289 g/mol. The molecular weight excluding hydrogens is 277 g/mol. The first-order valence-corrected chi connectivity index (χ1v) is 6.33. The number of carbonyl (C=O) groups is 1. The molecule has 98 valence electrons. The molecule has 1 aromatic rings. The fourth-order valence-corrected chi connectivity index (χ4v) is 2.21. The number of nitrogens with one attached hydrogen (secondary N) is 1. The molecule has 1 aliphatic carbocycles. The first-order valence-electron chi connectivity index (χ1n) is 5.57. The van der Waals surface area contributed by atoms with Crippen LogP contribution < -0.4 is 5.32 Å². The first kappa shape index (κ1) is 13.5. The van der Waals surface area contributed by atoms with Crippen LogP contribution in [-0.4, -0.2) is 28.6 Å². The summed E-state index contributed by atoms with van der Waals surface area (Å²) in [6, 6.07) is 0. The van der Waals surface area contributed by atoms with Gasteiger partial charge in [0.15, 0.2) is 11.0 Å². The van der Waals surface area contributed by atoms with Crippen molar-refractivity contribution in [1.29, 1.82) is 0 Å². The molecule has 1 amide bonds. The number of rotatable bonds is 4. The van der Waals surface area contributed by atoms with Crippen molar-refractivity contribution in [3.8, 4) is 0 Å². The van der Waals surface area contributed by atoms with E-state index in [0.29, 0.717) is 6.42 Å². The van der Waals surface area contributed by atoms with Crippen LogP contribution in [0, 0.1) is 0 Å². The quantitative estimate of drug-likeness (QED) is 0.866. The van der Waals surface area contributed by atoms with Gasteiger partial charge in [0, 0.05) is 7.11 Å². The highest BCUT2D eigenvalue weighted by Crippen LogP contribution is 2.38. The minimum absolute atomic E-state index is 0.118. The van der Waals surface area contributed by atoms with E-state index in [-0.39, 0.29) is 27.5 Å². The third-order valence-corrected chi connectivity index (χ3v) is 3.93. The van der Waals surface area contributed by atoms with Gasteiger partial charge in [0.1, 0.15) is 11.3 Å². The van der Waals surface area contributed by atoms with Gasteiger partial charge in [0.05, 0.1) is 12.0 Å². The Labute approximate surface area is 115 Å². The minimum atomic E-state index is -0.326. The van der Waals surface area contributed by atoms with Crippen LogP contribution in [0.25, 0.3) is 0 Å². The molecular formula is C11H13Cl2N3O2. The second-order valence-corrected chi connectivity index (χ2v) is 5.03. The number of nitrogens with zero attached hydrogens (tertiary/aromatic N) is 2. The van der Waals surface area contributed by atoms with Crippen LogP contribution in [0.4, 0.5) is 5.82 Å². The van der Waals surface area contributed by atoms with Crippen molar-refractivity contribution < 1.29 is 9.53 Å². The van der Waals surface area contributed by atoms with Crippen LogP contribution >= 0.6 is 23.2 Å². The first-order chi connectivity index (χ1) is 8.56. The predicted molar refractivity (Wildman–Crippen MR) is 68.9 cm³/mol. The molecule has 1 aromatic heterocycles. The number of hydrogen-bond acceptors (Lipinski definition) is 4. The predicted octanol–water partition coefficient (Wildman–Crippen LogP) is 2.68. The maximum Gasteiger partial charge on any atom is 0.228 e. The third kappa shape index (κ3) is 2.74. The summed E-state index contributed by atoms with van der Waals surface area (Å²) in [5.74, 6) is 0.0421. The van der Waals surface area contributed by atoms with E-state index in [0.717, 1.165) is 19.3 Å². The van der Waals surface area contributed by atoms with Crippen molar-refractivity contribution in [2.24, 2.45) is 0 Å². The van der Waals surface area contributed by atoms with E-state index in [1.54, 1.807) is 7.11 Å². The number of hydrogen-bond donors (Lipinski definition) is 1. The number of ether oxygens (including phenoxy) is 1. The topological polar surface area (TPSA) is 64.1 Å². The zero-order valence-electron chi connectivity index (χ0n) is 9.87. The van der Waals surface area contributed by atoms with Crippen molar-refractivity contribution in [2.45, 2.75) is 31.3 Å². The number of amides is 1. The van der Waals surface area contributed by atoms with Gasteiger partial charge in [-0.15, -0.1) is 0 Å². The van der Waals surface area contributed by atoms with E-state index in [9.17, 15) is 4.79 Å². The largest absolute Gasteiger partial charge is 0.378 e. The van der Waals surface area contributed by atoms with Gasteiger partial charge >= 0.3 is 0 Å². The fourth-order valence-electron chi connectivity index (χ4n) is 1.93. The van der Waals surface area contributed by atoms with E-state index in [1.807, 2.05) is 0 Å². The van der Waals surface area contributed by atoms with Gasteiger partial charge in [-0.1, -0.05) is 23.2 Å². The van der Waals surface area contributed by atoms with E-state index in [2.05, 4.69) is 15.3 Å². The second kappa shape index (κ2) is 5.38. The standard InChI is InChI=1S/C11H13Cl2N3O2/c1-18-11(3-2-4-11)5-7(17)16-10-8(12)9(13)14-6-15-10/h6H,2-5H2,1H3,(H,14,15,16,17). The molecule has 2 rings (SSSR count). The Hall–Kier alpha value is -0.910. The molecule has 5 nitrogen and oxygen atoms in total. The summed E-state index contributed by atoms with van der Waals surface area (Å²) >= 11 is 11.6. The highest BCUT2D eigenvalue weighted by molar-refractivity contribution is 6.42. The average molecular weight is 290 g/mol. The number of halogens is 2. The molecule has 0 aliphatic heterocycles. The number of methoxy groups -OCH3 is 1. The summed E-state index contributed by atoms with van der Waals surface area (Å²) in [5, 5.41) is 2.89.